The van der Waals surface area contributed by atoms with Gasteiger partial charge in [-0.2, -0.15) is 0 Å². The molecular weight excluding hydrogens is 418 g/mol. The van der Waals surface area contributed by atoms with Crippen molar-refractivity contribution < 1.29 is 0 Å². The maximum absolute atomic E-state index is 5.00. The van der Waals surface area contributed by atoms with Crippen molar-refractivity contribution in [3.05, 3.63) is 84.4 Å². The quantitative estimate of drug-likeness (QED) is 0.373. The Bertz CT molecular complexity index is 1210. The van der Waals surface area contributed by atoms with Gasteiger partial charge >= 0.3 is 0 Å². The minimum Gasteiger partial charge on any atom is -0.378 e. The van der Waals surface area contributed by atoms with Crippen molar-refractivity contribution in [1.82, 2.24) is 14.9 Å². The van der Waals surface area contributed by atoms with Gasteiger partial charge in [-0.3, -0.25) is 4.90 Å². The van der Waals surface area contributed by atoms with Gasteiger partial charge in [-0.15, -0.1) is 0 Å². The van der Waals surface area contributed by atoms with Crippen molar-refractivity contribution in [1.29, 1.82) is 0 Å². The zero-order valence-electron chi connectivity index (χ0n) is 20.1. The molecule has 0 spiro atoms. The first kappa shape index (κ1) is 22.4. The van der Waals surface area contributed by atoms with Crippen LogP contribution in [-0.4, -0.2) is 48.6 Å². The van der Waals surface area contributed by atoms with Crippen LogP contribution in [0.3, 0.4) is 0 Å². The van der Waals surface area contributed by atoms with Crippen LogP contribution in [0.1, 0.15) is 30.9 Å². The molecule has 1 aliphatic heterocycles. The highest BCUT2D eigenvalue weighted by molar-refractivity contribution is 5.90. The van der Waals surface area contributed by atoms with E-state index in [1.807, 2.05) is 6.07 Å². The molecule has 174 valence electrons. The molecule has 5 heteroatoms. The van der Waals surface area contributed by atoms with Crippen LogP contribution in [0, 0.1) is 0 Å². The molecule has 0 saturated carbocycles. The number of piperidine rings is 1. The Morgan fingerprint density at radius 3 is 2.26 bits per heavy atom. The molecule has 0 radical (unpaired) electrons. The Morgan fingerprint density at radius 1 is 0.824 bits per heavy atom. The van der Waals surface area contributed by atoms with Crippen LogP contribution >= 0.6 is 0 Å². The van der Waals surface area contributed by atoms with Crippen LogP contribution < -0.4 is 10.2 Å². The topological polar surface area (TPSA) is 44.3 Å². The van der Waals surface area contributed by atoms with Gasteiger partial charge in [-0.1, -0.05) is 48.9 Å². The van der Waals surface area contributed by atoms with Crippen LogP contribution in [0.2, 0.25) is 0 Å². The summed E-state index contributed by atoms with van der Waals surface area (Å²) in [5, 5.41) is 4.78. The molecule has 0 amide bonds. The molecule has 5 nitrogen and oxygen atoms in total. The lowest BCUT2D eigenvalue weighted by molar-refractivity contribution is 0.170. The van der Waals surface area contributed by atoms with E-state index in [4.69, 9.17) is 9.97 Å². The highest BCUT2D eigenvalue weighted by Gasteiger charge is 2.22. The van der Waals surface area contributed by atoms with Gasteiger partial charge in [0.1, 0.15) is 5.82 Å². The Labute approximate surface area is 202 Å². The third-order valence-electron chi connectivity index (χ3n) is 6.72. The third kappa shape index (κ3) is 4.90. The molecule has 1 aliphatic rings. The summed E-state index contributed by atoms with van der Waals surface area (Å²) in [5.74, 6) is 1.65. The largest absolute Gasteiger partial charge is 0.378 e. The second-order valence-electron chi connectivity index (χ2n) is 9.26. The molecule has 1 aromatic heterocycles. The minimum atomic E-state index is 0.318. The fourth-order valence-electron chi connectivity index (χ4n) is 4.81. The molecule has 34 heavy (non-hydrogen) atoms. The van der Waals surface area contributed by atoms with Crippen molar-refractivity contribution in [2.75, 3.05) is 43.9 Å². The lowest BCUT2D eigenvalue weighted by atomic mass is 10.0. The van der Waals surface area contributed by atoms with Gasteiger partial charge < -0.3 is 10.2 Å². The third-order valence-corrected chi connectivity index (χ3v) is 6.72. The molecule has 1 N–H and O–H groups in total. The second kappa shape index (κ2) is 10.2. The van der Waals surface area contributed by atoms with Crippen LogP contribution in [0.15, 0.2) is 78.9 Å². The summed E-state index contributed by atoms with van der Waals surface area (Å²) < 4.78 is 0. The zero-order chi connectivity index (χ0) is 23.3. The number of nitrogens with one attached hydrogen (secondary N) is 1. The normalized spacial score (nSPS) is 15.2. The van der Waals surface area contributed by atoms with E-state index in [1.165, 1.54) is 24.8 Å². The zero-order valence-corrected chi connectivity index (χ0v) is 20.1. The van der Waals surface area contributed by atoms with Gasteiger partial charge in [0.15, 0.2) is 5.82 Å². The second-order valence-corrected chi connectivity index (χ2v) is 9.26. The molecular formula is C29H33N5. The monoisotopic (exact) mass is 451 g/mol. The van der Waals surface area contributed by atoms with Gasteiger partial charge in [0.25, 0.3) is 0 Å². The summed E-state index contributed by atoms with van der Waals surface area (Å²) in [7, 11) is 4.10. The average molecular weight is 452 g/mol. The van der Waals surface area contributed by atoms with E-state index in [0.717, 1.165) is 53.4 Å². The van der Waals surface area contributed by atoms with Crippen LogP contribution in [-0.2, 0) is 0 Å². The Balaban J connectivity index is 1.47. The fourth-order valence-corrected chi connectivity index (χ4v) is 4.81. The van der Waals surface area contributed by atoms with E-state index in [9.17, 15) is 0 Å². The molecule has 1 saturated heterocycles. The summed E-state index contributed by atoms with van der Waals surface area (Å²) in [6, 6.07) is 27.9. The predicted octanol–water partition coefficient (Wildman–Crippen LogP) is 6.00. The molecule has 1 unspecified atom stereocenters. The maximum Gasteiger partial charge on any atom is 0.162 e. The molecule has 4 aromatic rings. The summed E-state index contributed by atoms with van der Waals surface area (Å²) in [5.41, 5.74) is 4.50. The summed E-state index contributed by atoms with van der Waals surface area (Å²) in [6.45, 7) is 3.11. The van der Waals surface area contributed by atoms with E-state index in [0.29, 0.717) is 6.04 Å². The fraction of sp³-hybridized carbons (Fsp3) is 0.310. The number of benzene rings is 3. The van der Waals surface area contributed by atoms with E-state index < -0.39 is 0 Å². The molecule has 2 heterocycles. The lowest BCUT2D eigenvalue weighted by Crippen LogP contribution is -2.37. The number of fused-ring (bicyclic) bond motifs is 1. The van der Waals surface area contributed by atoms with Crippen LogP contribution in [0.4, 0.5) is 11.5 Å². The molecule has 0 bridgehead atoms. The number of para-hydroxylation sites is 1. The Kier molecular flexibility index (Phi) is 6.72. The number of rotatable bonds is 7. The molecule has 0 aliphatic carbocycles. The smallest absolute Gasteiger partial charge is 0.162 e. The van der Waals surface area contributed by atoms with Crippen molar-refractivity contribution in [2.24, 2.45) is 0 Å². The maximum atomic E-state index is 5.00. The van der Waals surface area contributed by atoms with E-state index in [-0.39, 0.29) is 0 Å². The van der Waals surface area contributed by atoms with Gasteiger partial charge in [0.2, 0.25) is 0 Å². The summed E-state index contributed by atoms with van der Waals surface area (Å²) in [6.07, 6.45) is 3.87. The van der Waals surface area contributed by atoms with Gasteiger partial charge in [-0.05, 0) is 67.9 Å². The van der Waals surface area contributed by atoms with Crippen molar-refractivity contribution in [2.45, 2.75) is 25.3 Å². The lowest BCUT2D eigenvalue weighted by Gasteiger charge is -2.35. The number of likely N-dealkylation sites (tertiary alicyclic amines) is 1. The van der Waals surface area contributed by atoms with E-state index in [2.05, 4.69) is 102 Å². The van der Waals surface area contributed by atoms with Crippen molar-refractivity contribution in [3.63, 3.8) is 0 Å². The average Bonchev–Trinajstić information content (AvgIpc) is 2.90. The minimum absolute atomic E-state index is 0.318. The number of hydrogen-bond acceptors (Lipinski definition) is 5. The Morgan fingerprint density at radius 2 is 1.53 bits per heavy atom. The number of nitrogens with zero attached hydrogens (tertiary/aromatic N) is 4. The van der Waals surface area contributed by atoms with E-state index >= 15 is 0 Å². The highest BCUT2D eigenvalue weighted by Crippen LogP contribution is 2.29. The van der Waals surface area contributed by atoms with Gasteiger partial charge in [0.05, 0.1) is 11.6 Å². The van der Waals surface area contributed by atoms with Gasteiger partial charge in [0, 0.05) is 37.3 Å². The molecule has 1 fully saturated rings. The summed E-state index contributed by atoms with van der Waals surface area (Å²) >= 11 is 0. The number of hydrogen-bond donors (Lipinski definition) is 1. The van der Waals surface area contributed by atoms with E-state index in [1.54, 1.807) is 0 Å². The standard InChI is InChI=1S/C29H33N5/c1-33(2)24-17-15-23(16-18-24)28-31-26-14-8-7-13-25(26)29(32-28)30-21-27(22-11-5-3-6-12-22)34-19-9-4-10-20-34/h3,5-8,11-18,27H,4,9-10,19-21H2,1-2H3,(H,30,31,32). The van der Waals surface area contributed by atoms with Gasteiger partial charge in [-0.25, -0.2) is 9.97 Å². The molecule has 1 atom stereocenters. The van der Waals surface area contributed by atoms with Crippen LogP contribution in [0.5, 0.6) is 0 Å². The summed E-state index contributed by atoms with van der Waals surface area (Å²) in [4.78, 5) is 14.6. The first-order valence-electron chi connectivity index (χ1n) is 12.3. The first-order chi connectivity index (χ1) is 16.7. The SMILES string of the molecule is CN(C)c1ccc(-c2nc(NCC(c3ccccc3)N3CCCCC3)c3ccccc3n2)cc1. The first-order valence-corrected chi connectivity index (χ1v) is 12.3. The molecule has 5 rings (SSSR count). The Hall–Kier alpha value is -3.44. The van der Waals surface area contributed by atoms with Crippen molar-refractivity contribution in [3.8, 4) is 11.4 Å². The van der Waals surface area contributed by atoms with Crippen LogP contribution in [0.25, 0.3) is 22.3 Å². The molecule has 3 aromatic carbocycles. The number of anilines is 2. The number of aromatic nitrogens is 2. The predicted molar refractivity (Wildman–Crippen MR) is 142 cm³/mol. The van der Waals surface area contributed by atoms with Crippen molar-refractivity contribution >= 4 is 22.4 Å². The highest BCUT2D eigenvalue weighted by atomic mass is 15.2.